The van der Waals surface area contributed by atoms with Crippen molar-refractivity contribution in [3.8, 4) is 0 Å². The predicted molar refractivity (Wildman–Crippen MR) is 86.2 cm³/mol. The Labute approximate surface area is 128 Å². The summed E-state index contributed by atoms with van der Waals surface area (Å²) in [7, 11) is 0. The Morgan fingerprint density at radius 1 is 1.36 bits per heavy atom. The van der Waals surface area contributed by atoms with Crippen LogP contribution in [0.1, 0.15) is 23.1 Å². The van der Waals surface area contributed by atoms with Crippen LogP contribution in [0, 0.1) is 6.92 Å². The molecular formula is C16H17N5O. The van der Waals surface area contributed by atoms with Crippen molar-refractivity contribution in [2.45, 2.75) is 20.4 Å². The van der Waals surface area contributed by atoms with Gasteiger partial charge in [-0.25, -0.2) is 9.97 Å². The minimum absolute atomic E-state index is 0.275. The number of rotatable bonds is 4. The first-order valence-electron chi connectivity index (χ1n) is 7.08. The molecule has 0 spiro atoms. The minimum Gasteiger partial charge on any atom is -0.365 e. The highest BCUT2D eigenvalue weighted by molar-refractivity contribution is 6.00. The average Bonchev–Trinajstić information content (AvgIpc) is 2.91. The van der Waals surface area contributed by atoms with Crippen LogP contribution >= 0.6 is 0 Å². The molecular weight excluding hydrogens is 278 g/mol. The first kappa shape index (κ1) is 14.1. The molecule has 0 aliphatic rings. The van der Waals surface area contributed by atoms with Gasteiger partial charge in [0.15, 0.2) is 0 Å². The maximum Gasteiger partial charge on any atom is 0.254 e. The third kappa shape index (κ3) is 2.39. The molecule has 1 aromatic carbocycles. The fourth-order valence-corrected chi connectivity index (χ4v) is 2.48. The molecule has 3 aromatic rings. The molecule has 0 radical (unpaired) electrons. The van der Waals surface area contributed by atoms with Gasteiger partial charge in [-0.15, -0.1) is 0 Å². The maximum absolute atomic E-state index is 11.5. The highest BCUT2D eigenvalue weighted by Crippen LogP contribution is 2.27. The molecule has 0 fully saturated rings. The number of amides is 1. The van der Waals surface area contributed by atoms with Crippen molar-refractivity contribution in [2.24, 2.45) is 5.73 Å². The summed E-state index contributed by atoms with van der Waals surface area (Å²) in [4.78, 5) is 19.9. The summed E-state index contributed by atoms with van der Waals surface area (Å²) in [6.07, 6.45) is 3.49. The summed E-state index contributed by atoms with van der Waals surface area (Å²) in [6, 6.07) is 8.02. The number of aryl methyl sites for hydroxylation is 2. The zero-order valence-corrected chi connectivity index (χ0v) is 12.5. The van der Waals surface area contributed by atoms with E-state index in [2.05, 4.69) is 32.8 Å². The lowest BCUT2D eigenvalue weighted by atomic mass is 10.2. The zero-order chi connectivity index (χ0) is 15.7. The average molecular weight is 295 g/mol. The lowest BCUT2D eigenvalue weighted by Crippen LogP contribution is -2.15. The van der Waals surface area contributed by atoms with Gasteiger partial charge in [-0.2, -0.15) is 0 Å². The van der Waals surface area contributed by atoms with Crippen molar-refractivity contribution in [3.05, 3.63) is 48.0 Å². The molecule has 3 N–H and O–H groups in total. The Kier molecular flexibility index (Phi) is 3.50. The van der Waals surface area contributed by atoms with E-state index in [9.17, 15) is 4.79 Å². The number of hydrogen-bond acceptors (Lipinski definition) is 4. The quantitative estimate of drug-likeness (QED) is 0.774. The monoisotopic (exact) mass is 295 g/mol. The number of fused-ring (bicyclic) bond motifs is 1. The van der Waals surface area contributed by atoms with Crippen LogP contribution in [0.3, 0.4) is 0 Å². The van der Waals surface area contributed by atoms with Crippen LogP contribution < -0.4 is 11.1 Å². The standard InChI is InChI=1S/C16H17N5O/c1-3-21-8-7-11-13(5-4-6-14(11)21)20-16-12(15(17)22)9-18-10(2)19-16/h4-9H,3H2,1-2H3,(H2,17,22)(H,18,19,20). The number of carbonyl (C=O) groups is 1. The number of benzene rings is 1. The van der Waals surface area contributed by atoms with E-state index >= 15 is 0 Å². The summed E-state index contributed by atoms with van der Waals surface area (Å²) in [5.41, 5.74) is 7.67. The van der Waals surface area contributed by atoms with Gasteiger partial charge >= 0.3 is 0 Å². The van der Waals surface area contributed by atoms with Crippen LogP contribution in [0.4, 0.5) is 11.5 Å². The smallest absolute Gasteiger partial charge is 0.254 e. The molecule has 0 unspecified atom stereocenters. The van der Waals surface area contributed by atoms with E-state index in [1.165, 1.54) is 6.20 Å². The van der Waals surface area contributed by atoms with Crippen molar-refractivity contribution in [1.82, 2.24) is 14.5 Å². The van der Waals surface area contributed by atoms with E-state index in [0.29, 0.717) is 11.6 Å². The van der Waals surface area contributed by atoms with E-state index in [1.807, 2.05) is 24.4 Å². The van der Waals surface area contributed by atoms with Crippen molar-refractivity contribution in [3.63, 3.8) is 0 Å². The lowest BCUT2D eigenvalue weighted by Gasteiger charge is -2.11. The van der Waals surface area contributed by atoms with Gasteiger partial charge in [0, 0.05) is 30.0 Å². The van der Waals surface area contributed by atoms with E-state index in [1.54, 1.807) is 6.92 Å². The Balaban J connectivity index is 2.09. The first-order valence-corrected chi connectivity index (χ1v) is 7.08. The van der Waals surface area contributed by atoms with Crippen LogP contribution in [0.25, 0.3) is 10.9 Å². The highest BCUT2D eigenvalue weighted by atomic mass is 16.1. The summed E-state index contributed by atoms with van der Waals surface area (Å²) in [6.45, 7) is 4.76. The van der Waals surface area contributed by atoms with Crippen LogP contribution in [0.15, 0.2) is 36.7 Å². The van der Waals surface area contributed by atoms with Crippen molar-refractivity contribution in [2.75, 3.05) is 5.32 Å². The summed E-state index contributed by atoms with van der Waals surface area (Å²) in [5, 5.41) is 4.28. The molecule has 22 heavy (non-hydrogen) atoms. The molecule has 2 aromatic heterocycles. The normalized spacial score (nSPS) is 10.8. The minimum atomic E-state index is -0.555. The molecule has 0 saturated carbocycles. The first-order chi connectivity index (χ1) is 10.6. The summed E-state index contributed by atoms with van der Waals surface area (Å²) in [5.74, 6) is 0.448. The van der Waals surface area contributed by atoms with Gasteiger partial charge < -0.3 is 15.6 Å². The van der Waals surface area contributed by atoms with Gasteiger partial charge in [-0.3, -0.25) is 4.79 Å². The largest absolute Gasteiger partial charge is 0.365 e. The molecule has 0 bridgehead atoms. The third-order valence-corrected chi connectivity index (χ3v) is 3.58. The molecule has 0 aliphatic carbocycles. The Morgan fingerprint density at radius 3 is 2.91 bits per heavy atom. The molecule has 6 nitrogen and oxygen atoms in total. The van der Waals surface area contributed by atoms with Gasteiger partial charge in [0.1, 0.15) is 17.2 Å². The van der Waals surface area contributed by atoms with Crippen LogP contribution in [0.2, 0.25) is 0 Å². The molecule has 1 amide bonds. The van der Waals surface area contributed by atoms with Gasteiger partial charge in [0.25, 0.3) is 5.91 Å². The highest BCUT2D eigenvalue weighted by Gasteiger charge is 2.13. The summed E-state index contributed by atoms with van der Waals surface area (Å²) >= 11 is 0. The topological polar surface area (TPSA) is 85.8 Å². The fourth-order valence-electron chi connectivity index (χ4n) is 2.48. The van der Waals surface area contributed by atoms with Crippen molar-refractivity contribution in [1.29, 1.82) is 0 Å². The number of nitrogens with one attached hydrogen (secondary N) is 1. The Hall–Kier alpha value is -2.89. The number of anilines is 2. The molecule has 0 saturated heterocycles. The van der Waals surface area contributed by atoms with Crippen LogP contribution in [-0.2, 0) is 6.54 Å². The summed E-state index contributed by atoms with van der Waals surface area (Å²) < 4.78 is 2.15. The number of nitrogens with two attached hydrogens (primary N) is 1. The van der Waals surface area contributed by atoms with E-state index < -0.39 is 5.91 Å². The zero-order valence-electron chi connectivity index (χ0n) is 12.5. The van der Waals surface area contributed by atoms with E-state index in [-0.39, 0.29) is 5.56 Å². The number of carbonyl (C=O) groups excluding carboxylic acids is 1. The van der Waals surface area contributed by atoms with Gasteiger partial charge in [-0.05, 0) is 32.0 Å². The molecule has 3 rings (SSSR count). The second-order valence-electron chi connectivity index (χ2n) is 5.01. The van der Waals surface area contributed by atoms with Crippen LogP contribution in [0.5, 0.6) is 0 Å². The maximum atomic E-state index is 11.5. The molecule has 6 heteroatoms. The Morgan fingerprint density at radius 2 is 2.18 bits per heavy atom. The number of primary amides is 1. The van der Waals surface area contributed by atoms with Crippen LogP contribution in [-0.4, -0.2) is 20.4 Å². The third-order valence-electron chi connectivity index (χ3n) is 3.58. The van der Waals surface area contributed by atoms with Gasteiger partial charge in [-0.1, -0.05) is 6.07 Å². The second-order valence-corrected chi connectivity index (χ2v) is 5.01. The SMILES string of the molecule is CCn1ccc2c(Nc3nc(C)ncc3C(N)=O)cccc21. The van der Waals surface area contributed by atoms with Gasteiger partial charge in [0.2, 0.25) is 0 Å². The second kappa shape index (κ2) is 5.48. The Bertz CT molecular complexity index is 853. The predicted octanol–water partition coefficient (Wildman–Crippen LogP) is 2.60. The van der Waals surface area contributed by atoms with E-state index in [0.717, 1.165) is 23.1 Å². The van der Waals surface area contributed by atoms with E-state index in [4.69, 9.17) is 5.73 Å². The fraction of sp³-hybridized carbons (Fsp3) is 0.188. The van der Waals surface area contributed by atoms with Crippen molar-refractivity contribution >= 4 is 28.3 Å². The number of aromatic nitrogens is 3. The lowest BCUT2D eigenvalue weighted by molar-refractivity contribution is 0.100. The molecule has 0 aliphatic heterocycles. The van der Waals surface area contributed by atoms with Gasteiger partial charge in [0.05, 0.1) is 5.52 Å². The molecule has 112 valence electrons. The molecule has 2 heterocycles. The molecule has 0 atom stereocenters. The number of nitrogens with zero attached hydrogens (tertiary/aromatic N) is 3. The van der Waals surface area contributed by atoms with Crippen molar-refractivity contribution < 1.29 is 4.79 Å². The number of hydrogen-bond donors (Lipinski definition) is 2.